The summed E-state index contributed by atoms with van der Waals surface area (Å²) >= 11 is 0. The Labute approximate surface area is 126 Å². The van der Waals surface area contributed by atoms with Gasteiger partial charge >= 0.3 is 0 Å². The van der Waals surface area contributed by atoms with Crippen LogP contribution in [0.25, 0.3) is 0 Å². The van der Waals surface area contributed by atoms with Crippen molar-refractivity contribution in [2.45, 2.75) is 51.6 Å². The summed E-state index contributed by atoms with van der Waals surface area (Å²) in [4.78, 5) is 23.9. The minimum absolute atomic E-state index is 0.0589. The average Bonchev–Trinajstić information content (AvgIpc) is 2.99. The van der Waals surface area contributed by atoms with Crippen molar-refractivity contribution < 1.29 is 9.59 Å². The minimum Gasteiger partial charge on any atom is -0.348 e. The smallest absolute Gasteiger partial charge is 0.243 e. The highest BCUT2D eigenvalue weighted by atomic mass is 16.2. The van der Waals surface area contributed by atoms with Crippen LogP contribution in [0.3, 0.4) is 0 Å². The number of hydrogen-bond donors (Lipinski definition) is 2. The van der Waals surface area contributed by atoms with E-state index in [9.17, 15) is 9.59 Å². The van der Waals surface area contributed by atoms with Crippen LogP contribution >= 0.6 is 0 Å². The van der Waals surface area contributed by atoms with E-state index in [1.165, 1.54) is 6.92 Å². The summed E-state index contributed by atoms with van der Waals surface area (Å²) in [7, 11) is 0. The molecule has 1 saturated carbocycles. The van der Waals surface area contributed by atoms with Crippen molar-refractivity contribution in [2.75, 3.05) is 0 Å². The second-order valence-electron chi connectivity index (χ2n) is 5.86. The Morgan fingerprint density at radius 3 is 2.29 bits per heavy atom. The van der Waals surface area contributed by atoms with Gasteiger partial charge in [-0.2, -0.15) is 0 Å². The van der Waals surface area contributed by atoms with E-state index >= 15 is 0 Å². The fourth-order valence-corrected chi connectivity index (χ4v) is 3.04. The number of hydrogen-bond acceptors (Lipinski definition) is 2. The number of carbonyl (C=O) groups is 2. The maximum Gasteiger partial charge on any atom is 0.243 e. The summed E-state index contributed by atoms with van der Waals surface area (Å²) in [5.41, 5.74) is 1.07. The molecule has 4 nitrogen and oxygen atoms in total. The van der Waals surface area contributed by atoms with Crippen molar-refractivity contribution in [2.24, 2.45) is 5.92 Å². The van der Waals surface area contributed by atoms with Gasteiger partial charge in [-0.05, 0) is 31.2 Å². The predicted molar refractivity (Wildman–Crippen MR) is 82.6 cm³/mol. The van der Waals surface area contributed by atoms with Gasteiger partial charge in [-0.25, -0.2) is 0 Å². The molecule has 114 valence electrons. The normalized spacial score (nSPS) is 18.0. The van der Waals surface area contributed by atoms with Gasteiger partial charge in [0.2, 0.25) is 11.8 Å². The molecule has 2 amide bonds. The molecule has 0 spiro atoms. The molecule has 0 bridgehead atoms. The van der Waals surface area contributed by atoms with Crippen molar-refractivity contribution >= 4 is 11.8 Å². The molecule has 0 radical (unpaired) electrons. The zero-order chi connectivity index (χ0) is 15.2. The number of rotatable bonds is 5. The first kappa shape index (κ1) is 15.5. The minimum atomic E-state index is -0.406. The molecule has 1 aliphatic rings. The largest absolute Gasteiger partial charge is 0.348 e. The van der Waals surface area contributed by atoms with Gasteiger partial charge in [-0.15, -0.1) is 0 Å². The lowest BCUT2D eigenvalue weighted by atomic mass is 9.96. The van der Waals surface area contributed by atoms with Crippen LogP contribution in [-0.2, 0) is 9.59 Å². The van der Waals surface area contributed by atoms with Gasteiger partial charge in [0.25, 0.3) is 0 Å². The van der Waals surface area contributed by atoms with Gasteiger partial charge < -0.3 is 10.6 Å². The summed E-state index contributed by atoms with van der Waals surface area (Å²) < 4.78 is 0. The first-order valence-corrected chi connectivity index (χ1v) is 7.70. The van der Waals surface area contributed by atoms with Crippen molar-refractivity contribution in [3.63, 3.8) is 0 Å². The van der Waals surface area contributed by atoms with Crippen molar-refractivity contribution in [3.8, 4) is 0 Å². The molecular weight excluding hydrogens is 264 g/mol. The molecular formula is C17H24N2O2. The monoisotopic (exact) mass is 288 g/mol. The summed E-state index contributed by atoms with van der Waals surface area (Å²) in [6, 6.07) is 9.39. The maximum atomic E-state index is 12.5. The van der Waals surface area contributed by atoms with Crippen LogP contribution in [0, 0.1) is 5.92 Å². The van der Waals surface area contributed by atoms with Crippen molar-refractivity contribution in [1.82, 2.24) is 10.6 Å². The summed E-state index contributed by atoms with van der Waals surface area (Å²) in [6.45, 7) is 3.43. The lowest BCUT2D eigenvalue weighted by molar-refractivity contribution is -0.129. The Bertz CT molecular complexity index is 481. The van der Waals surface area contributed by atoms with Crippen molar-refractivity contribution in [3.05, 3.63) is 35.9 Å². The van der Waals surface area contributed by atoms with E-state index in [0.29, 0.717) is 0 Å². The molecule has 0 saturated heterocycles. The first-order valence-electron chi connectivity index (χ1n) is 7.70. The van der Waals surface area contributed by atoms with Gasteiger partial charge in [0.15, 0.2) is 0 Å². The van der Waals surface area contributed by atoms with E-state index in [4.69, 9.17) is 0 Å². The summed E-state index contributed by atoms with van der Waals surface area (Å²) in [5, 5.41) is 5.85. The summed E-state index contributed by atoms with van der Waals surface area (Å²) in [5.74, 6) is 0.0414. The Morgan fingerprint density at radius 2 is 1.71 bits per heavy atom. The van der Waals surface area contributed by atoms with Gasteiger partial charge in [-0.3, -0.25) is 9.59 Å². The van der Waals surface area contributed by atoms with Gasteiger partial charge in [0.05, 0.1) is 6.04 Å². The van der Waals surface area contributed by atoms with E-state index in [1.807, 2.05) is 37.3 Å². The zero-order valence-corrected chi connectivity index (χ0v) is 12.8. The average molecular weight is 288 g/mol. The van der Waals surface area contributed by atoms with Gasteiger partial charge in [0, 0.05) is 6.92 Å². The van der Waals surface area contributed by atoms with Crippen LogP contribution in [0.2, 0.25) is 0 Å². The molecule has 1 fully saturated rings. The molecule has 1 aromatic rings. The fraction of sp³-hybridized carbons (Fsp3) is 0.529. The van der Waals surface area contributed by atoms with Gasteiger partial charge in [0.1, 0.15) is 6.04 Å². The molecule has 0 aliphatic heterocycles. The number of benzene rings is 1. The van der Waals surface area contributed by atoms with Crippen LogP contribution in [0.4, 0.5) is 0 Å². The Hall–Kier alpha value is -1.84. The van der Waals surface area contributed by atoms with E-state index in [-0.39, 0.29) is 23.8 Å². The van der Waals surface area contributed by atoms with Crippen molar-refractivity contribution in [1.29, 1.82) is 0 Å². The van der Waals surface area contributed by atoms with Crippen LogP contribution in [0.1, 0.15) is 51.1 Å². The maximum absolute atomic E-state index is 12.5. The summed E-state index contributed by atoms with van der Waals surface area (Å²) in [6.07, 6.45) is 4.31. The SMILES string of the molecule is CC(=O)N[C@H](C(=O)N[C@@H](C)c1ccccc1)C1CCCC1. The topological polar surface area (TPSA) is 58.2 Å². The third-order valence-corrected chi connectivity index (χ3v) is 4.17. The Balaban J connectivity index is 2.02. The molecule has 0 unspecified atom stereocenters. The van der Waals surface area contributed by atoms with E-state index in [0.717, 1.165) is 31.2 Å². The van der Waals surface area contributed by atoms with Crippen LogP contribution in [0.15, 0.2) is 30.3 Å². The van der Waals surface area contributed by atoms with Crippen LogP contribution in [-0.4, -0.2) is 17.9 Å². The number of amides is 2. The second-order valence-corrected chi connectivity index (χ2v) is 5.86. The Morgan fingerprint density at radius 1 is 1.10 bits per heavy atom. The van der Waals surface area contributed by atoms with E-state index in [1.54, 1.807) is 0 Å². The lowest BCUT2D eigenvalue weighted by Gasteiger charge is -2.25. The molecule has 0 aromatic heterocycles. The standard InChI is InChI=1S/C17H24N2O2/c1-12(14-8-4-3-5-9-14)18-17(21)16(19-13(2)20)15-10-6-7-11-15/h3-5,8-9,12,15-16H,6-7,10-11H2,1-2H3,(H,18,21)(H,19,20)/t12-,16-/m0/s1. The highest BCUT2D eigenvalue weighted by molar-refractivity contribution is 5.87. The third-order valence-electron chi connectivity index (χ3n) is 4.17. The lowest BCUT2D eigenvalue weighted by Crippen LogP contribution is -2.50. The molecule has 21 heavy (non-hydrogen) atoms. The Kier molecular flexibility index (Phi) is 5.37. The quantitative estimate of drug-likeness (QED) is 0.875. The van der Waals surface area contributed by atoms with E-state index in [2.05, 4.69) is 10.6 Å². The second kappa shape index (κ2) is 7.25. The first-order chi connectivity index (χ1) is 10.1. The molecule has 2 rings (SSSR count). The number of carbonyl (C=O) groups excluding carboxylic acids is 2. The van der Waals surface area contributed by atoms with E-state index < -0.39 is 6.04 Å². The molecule has 2 N–H and O–H groups in total. The highest BCUT2D eigenvalue weighted by Crippen LogP contribution is 2.28. The predicted octanol–water partition coefficient (Wildman–Crippen LogP) is 2.56. The molecule has 2 atom stereocenters. The molecule has 1 aliphatic carbocycles. The zero-order valence-electron chi connectivity index (χ0n) is 12.8. The highest BCUT2D eigenvalue weighted by Gasteiger charge is 2.31. The third kappa shape index (κ3) is 4.31. The fourth-order valence-electron chi connectivity index (χ4n) is 3.04. The van der Waals surface area contributed by atoms with Crippen LogP contribution < -0.4 is 10.6 Å². The molecule has 1 aromatic carbocycles. The number of nitrogens with one attached hydrogen (secondary N) is 2. The molecule has 4 heteroatoms. The molecule has 0 heterocycles. The van der Waals surface area contributed by atoms with Crippen LogP contribution in [0.5, 0.6) is 0 Å². The van der Waals surface area contributed by atoms with Gasteiger partial charge in [-0.1, -0.05) is 43.2 Å².